The van der Waals surface area contributed by atoms with Crippen molar-refractivity contribution in [3.63, 3.8) is 0 Å². The van der Waals surface area contributed by atoms with Gasteiger partial charge in [-0.1, -0.05) is 84.4 Å². The number of Topliss-reactive ketones (excluding diaryl/α,β-unsaturated/α-hetero) is 2. The third-order valence-electron chi connectivity index (χ3n) is 14.0. The normalized spacial score (nSPS) is 40.5. The summed E-state index contributed by atoms with van der Waals surface area (Å²) in [6.45, 7) is 16.9. The first-order chi connectivity index (χ1) is 28.6. The summed E-state index contributed by atoms with van der Waals surface area (Å²) < 4.78 is 6.26. The Balaban J connectivity index is 1.92. The lowest BCUT2D eigenvalue weighted by Crippen LogP contribution is -2.52. The molecule has 11 heteroatoms. The molecule has 1 amide bonds. The molecule has 5 N–H and O–H groups in total. The molecule has 2 fully saturated rings. The van der Waals surface area contributed by atoms with Crippen molar-refractivity contribution in [2.75, 3.05) is 6.54 Å². The van der Waals surface area contributed by atoms with E-state index in [2.05, 4.69) is 6.92 Å². The second kappa shape index (κ2) is 24.8. The average Bonchev–Trinajstić information content (AvgIpc) is 3.21. The number of ketones is 2. The smallest absolute Gasteiger partial charge is 0.329 e. The lowest BCUT2D eigenvalue weighted by Gasteiger charge is -2.38. The first-order valence-corrected chi connectivity index (χ1v) is 23.3. The van der Waals surface area contributed by atoms with Gasteiger partial charge >= 0.3 is 5.97 Å². The lowest BCUT2D eigenvalue weighted by molar-refractivity contribution is -0.166. The van der Waals surface area contributed by atoms with E-state index in [-0.39, 0.29) is 59.9 Å². The van der Waals surface area contributed by atoms with E-state index in [0.29, 0.717) is 63.8 Å². The number of aliphatic hydroxyl groups is 5. The highest BCUT2D eigenvalue weighted by atomic mass is 16.5. The summed E-state index contributed by atoms with van der Waals surface area (Å²) in [5, 5.41) is 54.7. The first kappa shape index (κ1) is 52.4. The minimum Gasteiger partial charge on any atom is -0.460 e. The van der Waals surface area contributed by atoms with Gasteiger partial charge in [0.25, 0.3) is 0 Å². The molecular weight excluding hydrogens is 775 g/mol. The summed E-state index contributed by atoms with van der Waals surface area (Å²) in [7, 11) is 0. The van der Waals surface area contributed by atoms with E-state index in [9.17, 15) is 44.7 Å². The molecule has 346 valence electrons. The largest absolute Gasteiger partial charge is 0.460 e. The Bertz CT molecular complexity index is 1560. The van der Waals surface area contributed by atoms with Crippen LogP contribution in [0.5, 0.6) is 0 Å². The van der Waals surface area contributed by atoms with Crippen LogP contribution in [0.25, 0.3) is 0 Å². The van der Waals surface area contributed by atoms with Gasteiger partial charge in [-0.05, 0) is 132 Å². The van der Waals surface area contributed by atoms with E-state index in [4.69, 9.17) is 4.74 Å². The molecule has 1 saturated carbocycles. The highest BCUT2D eigenvalue weighted by molar-refractivity contribution is 5.87. The maximum absolute atomic E-state index is 14.2. The summed E-state index contributed by atoms with van der Waals surface area (Å²) >= 11 is 0. The molecule has 12 atom stereocenters. The Labute approximate surface area is 366 Å². The molecule has 2 aliphatic heterocycles. The van der Waals surface area contributed by atoms with Crippen molar-refractivity contribution < 1.29 is 49.4 Å². The number of rotatable bonds is 3. The Hall–Kier alpha value is -2.96. The van der Waals surface area contributed by atoms with Gasteiger partial charge in [0.05, 0.1) is 24.2 Å². The summed E-state index contributed by atoms with van der Waals surface area (Å²) in [6.07, 6.45) is 13.8. The number of carbonyl (C=O) groups excluding carboxylic acids is 4. The van der Waals surface area contributed by atoms with Gasteiger partial charge < -0.3 is 35.2 Å². The summed E-state index contributed by atoms with van der Waals surface area (Å²) in [4.78, 5) is 56.9. The molecule has 3 aliphatic rings. The van der Waals surface area contributed by atoms with E-state index in [1.807, 2.05) is 58.1 Å². The zero-order valence-corrected chi connectivity index (χ0v) is 38.8. The van der Waals surface area contributed by atoms with Crippen LogP contribution in [0.4, 0.5) is 0 Å². The topological polar surface area (TPSA) is 182 Å². The SMILES string of the molecule is C/C1=C\[C@@H](C)C(=O)C[C@@H]([C@H](C)C[C@H]2CC[C@H](O)CC2)OC(=O)C2CCCCN2C(=O)C[C@@](C)(O)[C@H](C)CC[C@H](C)C[C@H](O)/C(C)=C/C=C/C=C/[C@@H](C)C[C@@H](C)C(=O)[C@H](O)[C@@H]1O. The fraction of sp³-hybridized carbons (Fsp3) is 0.760. The number of aliphatic hydroxyl groups excluding tert-OH is 4. The van der Waals surface area contributed by atoms with Gasteiger partial charge in [-0.2, -0.15) is 0 Å². The third kappa shape index (κ3) is 16.6. The monoisotopic (exact) mass is 856 g/mol. The molecule has 1 unspecified atom stereocenters. The number of esters is 1. The number of amides is 1. The molecule has 0 spiro atoms. The molecule has 3 rings (SSSR count). The molecule has 0 aromatic rings. The van der Waals surface area contributed by atoms with Crippen LogP contribution < -0.4 is 0 Å². The number of fused-ring (bicyclic) bond motifs is 1. The van der Waals surface area contributed by atoms with Gasteiger partial charge in [-0.3, -0.25) is 14.4 Å². The van der Waals surface area contributed by atoms with Crippen molar-refractivity contribution in [2.24, 2.45) is 41.4 Å². The maximum Gasteiger partial charge on any atom is 0.329 e. The Morgan fingerprint density at radius 1 is 0.820 bits per heavy atom. The van der Waals surface area contributed by atoms with E-state index in [1.54, 1.807) is 38.7 Å². The zero-order chi connectivity index (χ0) is 45.6. The van der Waals surface area contributed by atoms with Crippen LogP contribution in [0.1, 0.15) is 152 Å². The van der Waals surface area contributed by atoms with E-state index in [0.717, 1.165) is 31.3 Å². The van der Waals surface area contributed by atoms with Gasteiger partial charge in [-0.25, -0.2) is 4.79 Å². The van der Waals surface area contributed by atoms with Crippen molar-refractivity contribution in [3.8, 4) is 0 Å². The molecule has 0 aromatic heterocycles. The molecule has 0 aromatic carbocycles. The molecule has 2 heterocycles. The van der Waals surface area contributed by atoms with Crippen molar-refractivity contribution in [2.45, 2.75) is 194 Å². The highest BCUT2D eigenvalue weighted by Gasteiger charge is 2.40. The van der Waals surface area contributed by atoms with Gasteiger partial charge in [0.15, 0.2) is 5.78 Å². The molecule has 61 heavy (non-hydrogen) atoms. The number of carbonyl (C=O) groups is 4. The van der Waals surface area contributed by atoms with Gasteiger partial charge in [0, 0.05) is 24.8 Å². The van der Waals surface area contributed by atoms with E-state index in [1.165, 1.54) is 0 Å². The zero-order valence-electron chi connectivity index (χ0n) is 38.8. The predicted molar refractivity (Wildman–Crippen MR) is 239 cm³/mol. The second-order valence-corrected chi connectivity index (χ2v) is 19.8. The lowest BCUT2D eigenvalue weighted by atomic mass is 9.79. The Morgan fingerprint density at radius 2 is 1.49 bits per heavy atom. The summed E-state index contributed by atoms with van der Waals surface area (Å²) in [5.41, 5.74) is -0.227. The third-order valence-corrected chi connectivity index (χ3v) is 14.0. The maximum atomic E-state index is 14.2. The van der Waals surface area contributed by atoms with Crippen molar-refractivity contribution in [3.05, 3.63) is 47.6 Å². The molecule has 0 bridgehead atoms. The van der Waals surface area contributed by atoms with Crippen molar-refractivity contribution in [1.82, 2.24) is 4.90 Å². The van der Waals surface area contributed by atoms with Gasteiger partial charge in [0.1, 0.15) is 30.1 Å². The second-order valence-electron chi connectivity index (χ2n) is 19.8. The highest BCUT2D eigenvalue weighted by Crippen LogP contribution is 2.34. The fourth-order valence-electron chi connectivity index (χ4n) is 9.29. The minimum atomic E-state index is -1.67. The summed E-state index contributed by atoms with van der Waals surface area (Å²) in [5.74, 6) is -2.86. The number of ether oxygens (including phenoxy) is 1. The quantitative estimate of drug-likeness (QED) is 0.142. The average molecular weight is 856 g/mol. The molecule has 1 aliphatic carbocycles. The van der Waals surface area contributed by atoms with Crippen LogP contribution in [0, 0.1) is 41.4 Å². The van der Waals surface area contributed by atoms with Crippen molar-refractivity contribution in [1.29, 1.82) is 0 Å². The number of hydrogen-bond donors (Lipinski definition) is 5. The number of nitrogens with zero attached hydrogens (tertiary/aromatic N) is 1. The van der Waals surface area contributed by atoms with Crippen LogP contribution in [0.2, 0.25) is 0 Å². The molecule has 0 radical (unpaired) electrons. The van der Waals surface area contributed by atoms with Crippen LogP contribution in [0.3, 0.4) is 0 Å². The van der Waals surface area contributed by atoms with E-state index >= 15 is 0 Å². The predicted octanol–water partition coefficient (Wildman–Crippen LogP) is 7.37. The first-order valence-electron chi connectivity index (χ1n) is 23.3. The van der Waals surface area contributed by atoms with Crippen LogP contribution >= 0.6 is 0 Å². The van der Waals surface area contributed by atoms with Crippen molar-refractivity contribution >= 4 is 23.4 Å². The van der Waals surface area contributed by atoms with Gasteiger partial charge in [0.2, 0.25) is 5.91 Å². The fourth-order valence-corrected chi connectivity index (χ4v) is 9.29. The number of piperidine rings is 1. The van der Waals surface area contributed by atoms with E-state index < -0.39 is 59.6 Å². The van der Waals surface area contributed by atoms with Crippen LogP contribution in [-0.2, 0) is 23.9 Å². The Morgan fingerprint density at radius 3 is 2.16 bits per heavy atom. The molecule has 1 saturated heterocycles. The summed E-state index contributed by atoms with van der Waals surface area (Å²) in [6, 6.07) is -0.853. The molecule has 11 nitrogen and oxygen atoms in total. The Kier molecular flexibility index (Phi) is 21.3. The number of hydrogen-bond acceptors (Lipinski definition) is 10. The van der Waals surface area contributed by atoms with Crippen LogP contribution in [0.15, 0.2) is 47.6 Å². The number of cyclic esters (lactones) is 1. The van der Waals surface area contributed by atoms with Crippen LogP contribution in [-0.4, -0.2) is 103 Å². The molecular formula is C50H81NO10. The minimum absolute atomic E-state index is 0.00000123. The standard InChI is InChI=1S/C50H81NO10/c1-31-15-11-10-12-16-33(3)42(53)26-32(2)18-19-38(8)50(9,60)30-45(55)51-24-14-13-17-41(51)49(59)61-44(35(5)28-39-20-22-40(52)23-21-39)29-43(54)34(4)27-37(7)47(57)48(58)46(56)36(6)25-31/h10-12,15-16,27,31-32,34-36,38-42,44,47-48,52-53,57-58,60H,13-14,17-26,28-30H2,1-9H3/b12-10+,15-11+,33-16+,37-27+/t31-,32+,34-,35-,36-,38-,39-,40-,41?,42+,44+,47-,48+,50-/m1/s1. The number of allylic oxidation sites excluding steroid dienone is 6. The van der Waals surface area contributed by atoms with Gasteiger partial charge in [-0.15, -0.1) is 0 Å².